The molecule has 0 fully saturated rings. The summed E-state index contributed by atoms with van der Waals surface area (Å²) in [5.41, 5.74) is 3.53. The Morgan fingerprint density at radius 2 is 1.92 bits per heavy atom. The van der Waals surface area contributed by atoms with Crippen LogP contribution in [0.15, 0.2) is 29.6 Å². The average molecular weight is 705 g/mol. The molecule has 7 nitrogen and oxygen atoms in total. The van der Waals surface area contributed by atoms with Crippen molar-refractivity contribution >= 4 is 99.6 Å². The minimum Gasteiger partial charge on any atom is -0.407 e. The van der Waals surface area contributed by atoms with Crippen LogP contribution in [0.25, 0.3) is 21.7 Å². The van der Waals surface area contributed by atoms with Gasteiger partial charge in [-0.15, -0.1) is 11.3 Å². The number of halogens is 4. The van der Waals surface area contributed by atoms with Gasteiger partial charge in [-0.05, 0) is 47.2 Å². The zero-order valence-corrected chi connectivity index (χ0v) is 26.5. The highest BCUT2D eigenvalue weighted by Gasteiger charge is 2.23. The number of rotatable bonds is 8. The molecule has 4 rings (SSSR count). The molecule has 0 saturated carbocycles. The van der Waals surface area contributed by atoms with Gasteiger partial charge in [0.2, 0.25) is 0 Å². The zero-order valence-electron chi connectivity index (χ0n) is 19.9. The molecule has 4 aromatic rings. The molecule has 1 unspecified atom stereocenters. The van der Waals surface area contributed by atoms with Crippen molar-refractivity contribution in [2.75, 3.05) is 19.4 Å². The molecule has 3 aromatic heterocycles. The Morgan fingerprint density at radius 3 is 2.50 bits per heavy atom. The monoisotopic (exact) mass is 704 g/mol. The molecule has 0 saturated heterocycles. The maximum atomic E-state index is 13.6. The number of aryl methyl sites for hydroxylation is 1. The maximum Gasteiger partial charge on any atom is 0.295 e. The molecular formula is C21H25ClF2IN6OPS3. The van der Waals surface area contributed by atoms with Gasteiger partial charge in [0.25, 0.3) is 6.43 Å². The van der Waals surface area contributed by atoms with Crippen LogP contribution in [-0.4, -0.2) is 37.7 Å². The summed E-state index contributed by atoms with van der Waals surface area (Å²) in [6.07, 6.45) is -2.74. The van der Waals surface area contributed by atoms with Gasteiger partial charge < -0.3 is 9.50 Å². The summed E-state index contributed by atoms with van der Waals surface area (Å²) in [5.74, 6) is 0.203. The van der Waals surface area contributed by atoms with Gasteiger partial charge in [0.05, 0.1) is 17.7 Å². The van der Waals surface area contributed by atoms with E-state index in [9.17, 15) is 8.78 Å². The Kier molecular flexibility index (Phi) is 12.4. The van der Waals surface area contributed by atoms with Gasteiger partial charge in [-0.3, -0.25) is 4.34 Å². The quantitative estimate of drug-likeness (QED) is 0.0648. The molecule has 0 radical (unpaired) electrons. The number of nitrogens with zero attached hydrogens (tertiary/aromatic N) is 5. The van der Waals surface area contributed by atoms with Gasteiger partial charge in [-0.1, -0.05) is 25.4 Å². The van der Waals surface area contributed by atoms with Gasteiger partial charge in [0, 0.05) is 36.8 Å². The summed E-state index contributed by atoms with van der Waals surface area (Å²) in [5, 5.41) is 6.27. The van der Waals surface area contributed by atoms with Crippen LogP contribution in [0.3, 0.4) is 0 Å². The predicted octanol–water partition coefficient (Wildman–Crippen LogP) is 8.63. The predicted molar refractivity (Wildman–Crippen MR) is 164 cm³/mol. The topological polar surface area (TPSA) is 68.1 Å². The smallest absolute Gasteiger partial charge is 0.295 e. The molecule has 1 atom stereocenters. The molecule has 0 aliphatic carbocycles. The first kappa shape index (κ1) is 31.3. The summed E-state index contributed by atoms with van der Waals surface area (Å²) in [4.78, 5) is 12.9. The van der Waals surface area contributed by atoms with Gasteiger partial charge in [-0.2, -0.15) is 13.5 Å². The number of thiazole rings is 1. The largest absolute Gasteiger partial charge is 0.407 e. The Balaban J connectivity index is 0.00000148. The fourth-order valence-electron chi connectivity index (χ4n) is 2.93. The molecule has 36 heavy (non-hydrogen) atoms. The molecule has 3 heterocycles. The number of anilines is 2. The van der Waals surface area contributed by atoms with Crippen molar-refractivity contribution in [1.29, 1.82) is 0 Å². The molecule has 1 N–H and O–H groups in total. The summed E-state index contributed by atoms with van der Waals surface area (Å²) in [6.45, 7) is 5.94. The van der Waals surface area contributed by atoms with Gasteiger partial charge in [-0.25, -0.2) is 28.0 Å². The minimum atomic E-state index is -2.73. The van der Waals surface area contributed by atoms with E-state index in [0.717, 1.165) is 28.5 Å². The lowest BCUT2D eigenvalue weighted by atomic mass is 10.2. The van der Waals surface area contributed by atoms with E-state index in [-0.39, 0.29) is 30.8 Å². The van der Waals surface area contributed by atoms with Gasteiger partial charge in [0.15, 0.2) is 17.2 Å². The molecule has 0 bridgehead atoms. The molecule has 196 valence electrons. The van der Waals surface area contributed by atoms with Gasteiger partial charge >= 0.3 is 0 Å². The van der Waals surface area contributed by atoms with E-state index in [0.29, 0.717) is 28.3 Å². The van der Waals surface area contributed by atoms with Crippen LogP contribution in [0.2, 0.25) is 5.15 Å². The summed E-state index contributed by atoms with van der Waals surface area (Å²) in [6, 6.07) is 7.21. The van der Waals surface area contributed by atoms with Crippen molar-refractivity contribution in [2.24, 2.45) is 0 Å². The minimum absolute atomic E-state index is 0. The molecule has 0 aliphatic heterocycles. The molecule has 15 heteroatoms. The molecule has 1 aromatic carbocycles. The third-order valence-corrected chi connectivity index (χ3v) is 8.10. The number of benzene rings is 1. The zero-order chi connectivity index (χ0) is 25.7. The second-order valence-electron chi connectivity index (χ2n) is 6.96. The Hall–Kier alpha value is -0.960. The standard InChI is InChI=1S/C19H17ClF2IN6OPS2.C2H6.H2S/c1-9-8-32-19(24-9)10-4-5-11(13(6-10)30-33-28(2)3)25-12-7-14(20)26-17-15(12)27-18(16(21)22)29(17)31-23;1-2;/h4-8,16,31H,1-3H3,(H,25,26);1-2H3;1H2. The van der Waals surface area contributed by atoms with Crippen molar-refractivity contribution in [3.05, 3.63) is 46.3 Å². The SMILES string of the molecule is CC.Cc1csc(-c2ccc(Nc3cc(Cl)nc4c3nc(C(F)F)n4PI)c(OSN(C)C)c2)n1.S. The molecule has 0 aliphatic rings. The lowest BCUT2D eigenvalue weighted by Crippen LogP contribution is -2.03. The second kappa shape index (κ2) is 14.3. The number of nitrogens with one attached hydrogen (secondary N) is 1. The van der Waals surface area contributed by atoms with E-state index in [1.807, 2.05) is 84.8 Å². The van der Waals surface area contributed by atoms with Crippen LogP contribution in [0.5, 0.6) is 5.75 Å². The summed E-state index contributed by atoms with van der Waals surface area (Å²) >= 11 is 11.0. The summed E-state index contributed by atoms with van der Waals surface area (Å²) < 4.78 is 36.2. The first-order valence-electron chi connectivity index (χ1n) is 10.4. The third-order valence-electron chi connectivity index (χ3n) is 4.28. The Labute approximate surface area is 243 Å². The highest BCUT2D eigenvalue weighted by molar-refractivity contribution is 14.2. The lowest BCUT2D eigenvalue weighted by molar-refractivity contribution is 0.140. The van der Waals surface area contributed by atoms with Crippen LogP contribution in [0, 0.1) is 6.92 Å². The van der Waals surface area contributed by atoms with Crippen molar-refractivity contribution in [1.82, 2.24) is 23.6 Å². The normalized spacial score (nSPS) is 11.2. The number of alkyl halides is 2. The van der Waals surface area contributed by atoms with Crippen LogP contribution in [0.4, 0.5) is 20.2 Å². The third kappa shape index (κ3) is 7.33. The number of pyridine rings is 1. The lowest BCUT2D eigenvalue weighted by Gasteiger charge is -2.15. The van der Waals surface area contributed by atoms with E-state index in [2.05, 4.69) is 20.3 Å². The number of fused-ring (bicyclic) bond motifs is 1. The van der Waals surface area contributed by atoms with E-state index >= 15 is 0 Å². The van der Waals surface area contributed by atoms with Crippen molar-refractivity contribution in [3.63, 3.8) is 0 Å². The highest BCUT2D eigenvalue weighted by Crippen LogP contribution is 2.40. The Bertz CT molecular complexity index is 1310. The first-order chi connectivity index (χ1) is 16.8. The Morgan fingerprint density at radius 1 is 1.19 bits per heavy atom. The van der Waals surface area contributed by atoms with Crippen LogP contribution in [0.1, 0.15) is 31.8 Å². The number of hydrogen-bond acceptors (Lipinski definition) is 8. The molecule has 0 spiro atoms. The maximum absolute atomic E-state index is 13.6. The van der Waals surface area contributed by atoms with Crippen molar-refractivity contribution < 1.29 is 13.0 Å². The first-order valence-corrected chi connectivity index (χ1v) is 16.4. The number of aromatic nitrogens is 4. The number of hydrogen-bond donors (Lipinski definition) is 1. The molecular weight excluding hydrogens is 680 g/mol. The van der Waals surface area contributed by atoms with E-state index in [4.69, 9.17) is 15.8 Å². The van der Waals surface area contributed by atoms with Gasteiger partial charge in [0.1, 0.15) is 27.9 Å². The summed E-state index contributed by atoms with van der Waals surface area (Å²) in [7, 11) is 3.72. The van der Waals surface area contributed by atoms with Crippen molar-refractivity contribution in [2.45, 2.75) is 27.2 Å². The van der Waals surface area contributed by atoms with Crippen molar-refractivity contribution in [3.8, 4) is 16.3 Å². The molecule has 0 amide bonds. The van der Waals surface area contributed by atoms with Crippen LogP contribution >= 0.6 is 77.1 Å². The van der Waals surface area contributed by atoms with Crippen LogP contribution < -0.4 is 9.50 Å². The fourth-order valence-corrected chi connectivity index (χ4v) is 6.18. The highest BCUT2D eigenvalue weighted by atomic mass is 127. The fraction of sp³-hybridized carbons (Fsp3) is 0.286. The van der Waals surface area contributed by atoms with Crippen LogP contribution in [-0.2, 0) is 0 Å². The number of imidazole rings is 1. The van der Waals surface area contributed by atoms with E-state index < -0.39 is 6.43 Å². The second-order valence-corrected chi connectivity index (χ2v) is 11.3. The van der Waals surface area contributed by atoms with E-state index in [1.165, 1.54) is 4.34 Å². The average Bonchev–Trinajstić information content (AvgIpc) is 3.43. The van der Waals surface area contributed by atoms with E-state index in [1.54, 1.807) is 17.4 Å².